The van der Waals surface area contributed by atoms with Gasteiger partial charge >= 0.3 is 0 Å². The molecule has 0 aliphatic heterocycles. The first kappa shape index (κ1) is 16.7. The molecule has 0 amide bonds. The molecule has 0 radical (unpaired) electrons. The second-order valence-corrected chi connectivity index (χ2v) is 5.29. The van der Waals surface area contributed by atoms with Crippen molar-refractivity contribution in [3.63, 3.8) is 0 Å². The maximum atomic E-state index is 3.90. The van der Waals surface area contributed by atoms with E-state index in [0.29, 0.717) is 0 Å². The van der Waals surface area contributed by atoms with Gasteiger partial charge in [0.2, 0.25) is 0 Å². The van der Waals surface area contributed by atoms with Crippen molar-refractivity contribution < 1.29 is 0 Å². The summed E-state index contributed by atoms with van der Waals surface area (Å²) in [5.41, 5.74) is 1.28. The van der Waals surface area contributed by atoms with E-state index in [9.17, 15) is 0 Å². The van der Waals surface area contributed by atoms with Crippen molar-refractivity contribution in [1.82, 2.24) is 5.32 Å². The fourth-order valence-electron chi connectivity index (χ4n) is 1.99. The van der Waals surface area contributed by atoms with Crippen molar-refractivity contribution in [3.05, 3.63) is 12.2 Å². The van der Waals surface area contributed by atoms with Gasteiger partial charge in [-0.2, -0.15) is 0 Å². The van der Waals surface area contributed by atoms with Gasteiger partial charge in [-0.25, -0.2) is 0 Å². The summed E-state index contributed by atoms with van der Waals surface area (Å²) in [6.45, 7) is 10.6. The largest absolute Gasteiger partial charge is 0.316 e. The zero-order valence-corrected chi connectivity index (χ0v) is 12.2. The fourth-order valence-corrected chi connectivity index (χ4v) is 1.99. The Balaban J connectivity index is 2.91. The molecular weight excluding hydrogens is 206 g/mol. The Morgan fingerprint density at radius 1 is 0.824 bits per heavy atom. The van der Waals surface area contributed by atoms with Crippen LogP contribution in [0.25, 0.3) is 0 Å². The summed E-state index contributed by atoms with van der Waals surface area (Å²) in [4.78, 5) is 0. The highest BCUT2D eigenvalue weighted by molar-refractivity contribution is 4.87. The summed E-state index contributed by atoms with van der Waals surface area (Å²) in [7, 11) is 0. The Morgan fingerprint density at radius 3 is 1.88 bits per heavy atom. The summed E-state index contributed by atoms with van der Waals surface area (Å²) in [6.07, 6.45) is 13.8. The molecule has 0 aliphatic rings. The summed E-state index contributed by atoms with van der Waals surface area (Å²) in [5, 5.41) is 3.47. The molecule has 0 saturated heterocycles. The molecule has 0 aromatic rings. The molecule has 102 valence electrons. The van der Waals surface area contributed by atoms with Crippen LogP contribution in [-0.2, 0) is 0 Å². The zero-order valence-electron chi connectivity index (χ0n) is 12.2. The highest BCUT2D eigenvalue weighted by atomic mass is 14.8. The van der Waals surface area contributed by atoms with Crippen LogP contribution in [0, 0.1) is 0 Å². The van der Waals surface area contributed by atoms with Gasteiger partial charge in [0.1, 0.15) is 0 Å². The molecule has 0 aromatic carbocycles. The van der Waals surface area contributed by atoms with Gasteiger partial charge in [-0.3, -0.25) is 0 Å². The lowest BCUT2D eigenvalue weighted by atomic mass is 10.1. The number of hydrogen-bond donors (Lipinski definition) is 1. The molecule has 1 heteroatoms. The van der Waals surface area contributed by atoms with Gasteiger partial charge in [-0.05, 0) is 32.9 Å². The summed E-state index contributed by atoms with van der Waals surface area (Å²) < 4.78 is 0. The van der Waals surface area contributed by atoms with E-state index in [0.717, 1.165) is 13.0 Å². The highest BCUT2D eigenvalue weighted by Gasteiger charge is 1.92. The van der Waals surface area contributed by atoms with Crippen LogP contribution in [0.3, 0.4) is 0 Å². The molecule has 0 rings (SSSR count). The van der Waals surface area contributed by atoms with Gasteiger partial charge in [0.15, 0.2) is 0 Å². The first-order valence-electron chi connectivity index (χ1n) is 7.62. The van der Waals surface area contributed by atoms with Crippen LogP contribution in [0.4, 0.5) is 0 Å². The topological polar surface area (TPSA) is 12.0 Å². The lowest BCUT2D eigenvalue weighted by Crippen LogP contribution is -2.16. The maximum absolute atomic E-state index is 3.90. The van der Waals surface area contributed by atoms with E-state index in [1.54, 1.807) is 0 Å². The van der Waals surface area contributed by atoms with E-state index in [2.05, 4.69) is 25.7 Å². The van der Waals surface area contributed by atoms with Crippen molar-refractivity contribution in [3.8, 4) is 0 Å². The third kappa shape index (κ3) is 15.7. The molecule has 0 heterocycles. The normalized spacial score (nSPS) is 10.7. The molecule has 0 fully saturated rings. The number of unbranched alkanes of at least 4 members (excludes halogenated alkanes) is 8. The molecule has 17 heavy (non-hydrogen) atoms. The minimum atomic E-state index is 1.10. The summed E-state index contributed by atoms with van der Waals surface area (Å²) in [5.74, 6) is 0. The molecule has 0 spiro atoms. The molecule has 0 atom stereocenters. The third-order valence-corrected chi connectivity index (χ3v) is 3.19. The van der Waals surface area contributed by atoms with Crippen LogP contribution >= 0.6 is 0 Å². The van der Waals surface area contributed by atoms with E-state index in [-0.39, 0.29) is 0 Å². The SMILES string of the molecule is C=C(C)CCNCCCCCCCCCCC. The van der Waals surface area contributed by atoms with Gasteiger partial charge in [0.25, 0.3) is 0 Å². The second-order valence-electron chi connectivity index (χ2n) is 5.29. The monoisotopic (exact) mass is 239 g/mol. The Kier molecular flexibility index (Phi) is 13.5. The summed E-state index contributed by atoms with van der Waals surface area (Å²) >= 11 is 0. The molecule has 0 bridgehead atoms. The van der Waals surface area contributed by atoms with E-state index in [1.807, 2.05) is 0 Å². The van der Waals surface area contributed by atoms with E-state index in [4.69, 9.17) is 0 Å². The van der Waals surface area contributed by atoms with Crippen LogP contribution in [0.1, 0.15) is 78.1 Å². The van der Waals surface area contributed by atoms with Gasteiger partial charge < -0.3 is 5.32 Å². The van der Waals surface area contributed by atoms with Gasteiger partial charge in [-0.1, -0.05) is 63.9 Å². The highest BCUT2D eigenvalue weighted by Crippen LogP contribution is 2.09. The smallest absolute Gasteiger partial charge is 0.00118 e. The average Bonchev–Trinajstić information content (AvgIpc) is 2.30. The van der Waals surface area contributed by atoms with Gasteiger partial charge in [-0.15, -0.1) is 6.58 Å². The number of nitrogens with one attached hydrogen (secondary N) is 1. The number of rotatable bonds is 13. The van der Waals surface area contributed by atoms with Crippen molar-refractivity contribution in [2.24, 2.45) is 0 Å². The minimum Gasteiger partial charge on any atom is -0.316 e. The molecule has 0 aliphatic carbocycles. The van der Waals surface area contributed by atoms with Crippen molar-refractivity contribution in [2.75, 3.05) is 13.1 Å². The maximum Gasteiger partial charge on any atom is -0.00118 e. The first-order valence-corrected chi connectivity index (χ1v) is 7.62. The second kappa shape index (κ2) is 13.8. The molecule has 1 nitrogen and oxygen atoms in total. The van der Waals surface area contributed by atoms with Crippen LogP contribution < -0.4 is 5.32 Å². The zero-order chi connectivity index (χ0) is 12.8. The van der Waals surface area contributed by atoms with E-state index < -0.39 is 0 Å². The van der Waals surface area contributed by atoms with Crippen LogP contribution in [-0.4, -0.2) is 13.1 Å². The Morgan fingerprint density at radius 2 is 1.35 bits per heavy atom. The third-order valence-electron chi connectivity index (χ3n) is 3.19. The minimum absolute atomic E-state index is 1.10. The molecule has 0 aromatic heterocycles. The van der Waals surface area contributed by atoms with Crippen LogP contribution in [0.15, 0.2) is 12.2 Å². The Bertz CT molecular complexity index is 163. The predicted octanol–water partition coefficient (Wildman–Crippen LogP) is 5.07. The number of hydrogen-bond acceptors (Lipinski definition) is 1. The molecule has 0 unspecified atom stereocenters. The lowest BCUT2D eigenvalue weighted by molar-refractivity contribution is 0.549. The van der Waals surface area contributed by atoms with E-state index >= 15 is 0 Å². The molecular formula is C16H33N. The Labute approximate surface area is 109 Å². The molecule has 1 N–H and O–H groups in total. The van der Waals surface area contributed by atoms with Crippen molar-refractivity contribution in [1.29, 1.82) is 0 Å². The van der Waals surface area contributed by atoms with Crippen LogP contribution in [0.2, 0.25) is 0 Å². The predicted molar refractivity (Wildman–Crippen MR) is 79.5 cm³/mol. The molecule has 0 saturated carbocycles. The first-order chi connectivity index (χ1) is 8.27. The van der Waals surface area contributed by atoms with Gasteiger partial charge in [0, 0.05) is 0 Å². The fraction of sp³-hybridized carbons (Fsp3) is 0.875. The average molecular weight is 239 g/mol. The van der Waals surface area contributed by atoms with E-state index in [1.165, 1.54) is 69.9 Å². The quantitative estimate of drug-likeness (QED) is 0.349. The Hall–Kier alpha value is -0.300. The standard InChI is InChI=1S/C16H33N/c1-4-5-6-7-8-9-10-11-12-14-17-15-13-16(2)3/h17H,2,4-15H2,1,3H3. The van der Waals surface area contributed by atoms with Crippen molar-refractivity contribution >= 4 is 0 Å². The van der Waals surface area contributed by atoms with Gasteiger partial charge in [0.05, 0.1) is 0 Å². The summed E-state index contributed by atoms with van der Waals surface area (Å²) in [6, 6.07) is 0. The van der Waals surface area contributed by atoms with Crippen molar-refractivity contribution in [2.45, 2.75) is 78.1 Å². The lowest BCUT2D eigenvalue weighted by Gasteiger charge is -2.04. The van der Waals surface area contributed by atoms with Crippen LogP contribution in [0.5, 0.6) is 0 Å².